The first-order valence-electron chi connectivity index (χ1n) is 7.48. The third kappa shape index (κ3) is 2.68. The zero-order valence-electron chi connectivity index (χ0n) is 12.3. The summed E-state index contributed by atoms with van der Waals surface area (Å²) in [5.41, 5.74) is 0.531. The van der Waals surface area contributed by atoms with Gasteiger partial charge in [0.1, 0.15) is 0 Å². The molecule has 1 aliphatic carbocycles. The number of hydrogen-bond donors (Lipinski definition) is 1. The lowest BCUT2D eigenvalue weighted by molar-refractivity contribution is 0.0385. The third-order valence-corrected chi connectivity index (χ3v) is 5.15. The van der Waals surface area contributed by atoms with Crippen LogP contribution in [0.5, 0.6) is 0 Å². The van der Waals surface area contributed by atoms with E-state index in [1.54, 1.807) is 0 Å². The van der Waals surface area contributed by atoms with E-state index in [9.17, 15) is 0 Å². The quantitative estimate of drug-likeness (QED) is 0.810. The highest BCUT2D eigenvalue weighted by atomic mass is 15.3. The average molecular weight is 238 g/mol. The number of nitrogens with one attached hydrogen (secondary N) is 1. The van der Waals surface area contributed by atoms with Crippen LogP contribution < -0.4 is 5.32 Å². The SMILES string of the molecule is CCC(C)C1CN(C2(C)CC2)C(C(C)C)CN1. The lowest BCUT2D eigenvalue weighted by atomic mass is 9.90. The van der Waals surface area contributed by atoms with Gasteiger partial charge in [-0.25, -0.2) is 0 Å². The van der Waals surface area contributed by atoms with Crippen LogP contribution in [0.1, 0.15) is 53.9 Å². The maximum Gasteiger partial charge on any atom is 0.0249 e. The van der Waals surface area contributed by atoms with Gasteiger partial charge in [0.2, 0.25) is 0 Å². The second-order valence-corrected chi connectivity index (χ2v) is 6.86. The van der Waals surface area contributed by atoms with Crippen LogP contribution in [0.4, 0.5) is 0 Å². The third-order valence-electron chi connectivity index (χ3n) is 5.15. The van der Waals surface area contributed by atoms with Crippen LogP contribution in [-0.2, 0) is 0 Å². The molecule has 100 valence electrons. The summed E-state index contributed by atoms with van der Waals surface area (Å²) in [6, 6.07) is 1.44. The van der Waals surface area contributed by atoms with E-state index in [4.69, 9.17) is 0 Å². The molecule has 0 aromatic carbocycles. The van der Waals surface area contributed by atoms with Crippen molar-refractivity contribution in [1.29, 1.82) is 0 Å². The van der Waals surface area contributed by atoms with E-state index in [2.05, 4.69) is 44.8 Å². The molecule has 2 rings (SSSR count). The molecule has 1 N–H and O–H groups in total. The fraction of sp³-hybridized carbons (Fsp3) is 1.00. The molecule has 1 saturated carbocycles. The Morgan fingerprint density at radius 3 is 2.41 bits per heavy atom. The van der Waals surface area contributed by atoms with E-state index in [1.807, 2.05) is 0 Å². The molecule has 1 heterocycles. The van der Waals surface area contributed by atoms with Gasteiger partial charge in [0.05, 0.1) is 0 Å². The Kier molecular flexibility index (Phi) is 3.84. The normalized spacial score (nSPS) is 34.9. The molecule has 0 bridgehead atoms. The van der Waals surface area contributed by atoms with Crippen molar-refractivity contribution in [3.05, 3.63) is 0 Å². The van der Waals surface area contributed by atoms with Gasteiger partial charge in [-0.1, -0.05) is 34.1 Å². The smallest absolute Gasteiger partial charge is 0.0249 e. The monoisotopic (exact) mass is 238 g/mol. The van der Waals surface area contributed by atoms with Gasteiger partial charge in [0, 0.05) is 30.7 Å². The second-order valence-electron chi connectivity index (χ2n) is 6.86. The summed E-state index contributed by atoms with van der Waals surface area (Å²) < 4.78 is 0. The number of nitrogens with zero attached hydrogens (tertiary/aromatic N) is 1. The summed E-state index contributed by atoms with van der Waals surface area (Å²) >= 11 is 0. The van der Waals surface area contributed by atoms with E-state index in [1.165, 1.54) is 32.4 Å². The molecule has 17 heavy (non-hydrogen) atoms. The van der Waals surface area contributed by atoms with Crippen LogP contribution in [-0.4, -0.2) is 35.6 Å². The molecule has 0 aromatic heterocycles. The largest absolute Gasteiger partial charge is 0.311 e. The Morgan fingerprint density at radius 2 is 1.94 bits per heavy atom. The second kappa shape index (κ2) is 4.89. The van der Waals surface area contributed by atoms with E-state index in [0.717, 1.165) is 17.9 Å². The minimum Gasteiger partial charge on any atom is -0.311 e. The van der Waals surface area contributed by atoms with Crippen molar-refractivity contribution < 1.29 is 0 Å². The van der Waals surface area contributed by atoms with Gasteiger partial charge in [0.25, 0.3) is 0 Å². The molecule has 3 unspecified atom stereocenters. The van der Waals surface area contributed by atoms with Crippen molar-refractivity contribution in [1.82, 2.24) is 10.2 Å². The van der Waals surface area contributed by atoms with Crippen molar-refractivity contribution in [3.8, 4) is 0 Å². The highest BCUT2D eigenvalue weighted by Crippen LogP contribution is 2.44. The van der Waals surface area contributed by atoms with E-state index in [-0.39, 0.29) is 0 Å². The highest BCUT2D eigenvalue weighted by molar-refractivity contribution is 5.06. The molecule has 3 atom stereocenters. The average Bonchev–Trinajstić information content (AvgIpc) is 3.06. The predicted molar refractivity (Wildman–Crippen MR) is 74.2 cm³/mol. The maximum atomic E-state index is 3.79. The first-order chi connectivity index (χ1) is 7.98. The Balaban J connectivity index is 2.05. The van der Waals surface area contributed by atoms with Crippen LogP contribution in [0.2, 0.25) is 0 Å². The Morgan fingerprint density at radius 1 is 1.29 bits per heavy atom. The predicted octanol–water partition coefficient (Wildman–Crippen LogP) is 2.88. The van der Waals surface area contributed by atoms with Crippen molar-refractivity contribution in [2.24, 2.45) is 11.8 Å². The minimum absolute atomic E-state index is 0.531. The first-order valence-corrected chi connectivity index (χ1v) is 7.48. The molecule has 2 nitrogen and oxygen atoms in total. The molecular weight excluding hydrogens is 208 g/mol. The Hall–Kier alpha value is -0.0800. The zero-order chi connectivity index (χ0) is 12.6. The van der Waals surface area contributed by atoms with Gasteiger partial charge in [-0.05, 0) is 31.6 Å². The molecule has 0 radical (unpaired) electrons. The fourth-order valence-electron chi connectivity index (χ4n) is 3.14. The van der Waals surface area contributed by atoms with E-state index in [0.29, 0.717) is 11.6 Å². The van der Waals surface area contributed by atoms with Gasteiger partial charge in [-0.2, -0.15) is 0 Å². The summed E-state index contributed by atoms with van der Waals surface area (Å²) in [5.74, 6) is 1.56. The van der Waals surface area contributed by atoms with Gasteiger partial charge >= 0.3 is 0 Å². The Labute approximate surface area is 107 Å². The van der Waals surface area contributed by atoms with Gasteiger partial charge < -0.3 is 5.32 Å². The van der Waals surface area contributed by atoms with Crippen molar-refractivity contribution in [2.75, 3.05) is 13.1 Å². The molecule has 0 amide bonds. The zero-order valence-corrected chi connectivity index (χ0v) is 12.3. The van der Waals surface area contributed by atoms with Gasteiger partial charge in [0.15, 0.2) is 0 Å². The Bertz CT molecular complexity index is 258. The van der Waals surface area contributed by atoms with Crippen molar-refractivity contribution in [3.63, 3.8) is 0 Å². The lowest BCUT2D eigenvalue weighted by Crippen LogP contribution is -2.62. The van der Waals surface area contributed by atoms with Crippen molar-refractivity contribution in [2.45, 2.75) is 71.5 Å². The lowest BCUT2D eigenvalue weighted by Gasteiger charge is -2.47. The van der Waals surface area contributed by atoms with E-state index >= 15 is 0 Å². The molecule has 2 heteroatoms. The number of hydrogen-bond acceptors (Lipinski definition) is 2. The van der Waals surface area contributed by atoms with Gasteiger partial charge in [-0.15, -0.1) is 0 Å². The van der Waals surface area contributed by atoms with Crippen LogP contribution in [0.25, 0.3) is 0 Å². The van der Waals surface area contributed by atoms with Crippen LogP contribution in [0, 0.1) is 11.8 Å². The van der Waals surface area contributed by atoms with Crippen molar-refractivity contribution >= 4 is 0 Å². The summed E-state index contributed by atoms with van der Waals surface area (Å²) in [7, 11) is 0. The maximum absolute atomic E-state index is 3.79. The minimum atomic E-state index is 0.531. The van der Waals surface area contributed by atoms with Crippen LogP contribution in [0.15, 0.2) is 0 Å². The molecular formula is C15H30N2. The fourth-order valence-corrected chi connectivity index (χ4v) is 3.14. The summed E-state index contributed by atoms with van der Waals surface area (Å²) in [5, 5.41) is 3.79. The molecule has 1 saturated heterocycles. The summed E-state index contributed by atoms with van der Waals surface area (Å²) in [4.78, 5) is 2.82. The molecule has 0 aromatic rings. The van der Waals surface area contributed by atoms with E-state index < -0.39 is 0 Å². The standard InChI is InChI=1S/C15H30N2/c1-6-12(4)13-10-17(15(5)7-8-15)14(9-16-13)11(2)3/h11-14,16H,6-10H2,1-5H3. The molecule has 2 aliphatic rings. The highest BCUT2D eigenvalue weighted by Gasteiger charge is 2.48. The number of piperazine rings is 1. The first kappa shape index (κ1) is 13.4. The number of rotatable bonds is 4. The summed E-state index contributed by atoms with van der Waals surface area (Å²) in [6.07, 6.45) is 4.10. The molecule has 1 aliphatic heterocycles. The topological polar surface area (TPSA) is 15.3 Å². The van der Waals surface area contributed by atoms with Gasteiger partial charge in [-0.3, -0.25) is 4.90 Å². The van der Waals surface area contributed by atoms with Crippen LogP contribution >= 0.6 is 0 Å². The molecule has 2 fully saturated rings. The van der Waals surface area contributed by atoms with Crippen LogP contribution in [0.3, 0.4) is 0 Å². The molecule has 0 spiro atoms. The summed E-state index contributed by atoms with van der Waals surface area (Å²) in [6.45, 7) is 14.3.